The van der Waals surface area contributed by atoms with Crippen LogP contribution in [0.15, 0.2) is 78.9 Å². The van der Waals surface area contributed by atoms with Crippen molar-refractivity contribution in [1.29, 1.82) is 0 Å². The molecule has 0 fully saturated rings. The SMILES string of the molecule is CC(C)(C)P(Cc1ccccc1P(c1cccc2c1OCC2)c1cccc2c1OCC2)c1cc(C(F)(F)F)cc(C(F)(F)F)c1. The minimum atomic E-state index is -4.91. The average Bonchev–Trinajstić information content (AvgIpc) is 3.66. The van der Waals surface area contributed by atoms with Crippen molar-refractivity contribution in [2.24, 2.45) is 0 Å². The van der Waals surface area contributed by atoms with Gasteiger partial charge in [0.1, 0.15) is 11.5 Å². The van der Waals surface area contributed by atoms with Gasteiger partial charge >= 0.3 is 12.4 Å². The maximum atomic E-state index is 13.9. The van der Waals surface area contributed by atoms with E-state index in [1.165, 1.54) is 0 Å². The first-order chi connectivity index (χ1) is 21.2. The van der Waals surface area contributed by atoms with Crippen LogP contribution in [-0.4, -0.2) is 18.4 Å². The largest absolute Gasteiger partial charge is 0.492 e. The molecule has 45 heavy (non-hydrogen) atoms. The molecular formula is C35H32F6O2P2. The topological polar surface area (TPSA) is 18.5 Å². The van der Waals surface area contributed by atoms with E-state index in [-0.39, 0.29) is 11.4 Å². The van der Waals surface area contributed by atoms with Crippen LogP contribution in [0, 0.1) is 0 Å². The second-order valence-electron chi connectivity index (χ2n) is 12.2. The Morgan fingerprint density at radius 2 is 1.11 bits per heavy atom. The molecule has 236 valence electrons. The summed E-state index contributed by atoms with van der Waals surface area (Å²) >= 11 is 0. The highest BCUT2D eigenvalue weighted by atomic mass is 31.1. The summed E-state index contributed by atoms with van der Waals surface area (Å²) in [6.07, 6.45) is -7.93. The summed E-state index contributed by atoms with van der Waals surface area (Å²) in [5, 5.41) is 2.50. The molecule has 0 saturated carbocycles. The van der Waals surface area contributed by atoms with Crippen LogP contribution in [0.1, 0.15) is 48.6 Å². The van der Waals surface area contributed by atoms with Gasteiger partial charge in [0.25, 0.3) is 0 Å². The third-order valence-electron chi connectivity index (χ3n) is 8.12. The third-order valence-corrected chi connectivity index (χ3v) is 13.9. The summed E-state index contributed by atoms with van der Waals surface area (Å²) in [5.74, 6) is 1.69. The van der Waals surface area contributed by atoms with Crippen LogP contribution in [0.4, 0.5) is 26.3 Å². The Morgan fingerprint density at radius 1 is 0.622 bits per heavy atom. The van der Waals surface area contributed by atoms with Crippen LogP contribution >= 0.6 is 15.8 Å². The summed E-state index contributed by atoms with van der Waals surface area (Å²) in [7, 11) is -2.80. The second-order valence-corrected chi connectivity index (χ2v) is 17.4. The van der Waals surface area contributed by atoms with Crippen molar-refractivity contribution in [2.45, 2.75) is 57.3 Å². The molecule has 2 nitrogen and oxygen atoms in total. The van der Waals surface area contributed by atoms with E-state index < -0.39 is 44.5 Å². The number of alkyl halides is 6. The lowest BCUT2D eigenvalue weighted by Crippen LogP contribution is -2.28. The molecular weight excluding hydrogens is 628 g/mol. The van der Waals surface area contributed by atoms with Gasteiger partial charge in [-0.2, -0.15) is 26.3 Å². The average molecular weight is 661 g/mol. The van der Waals surface area contributed by atoms with E-state index in [1.807, 2.05) is 57.2 Å². The smallest absolute Gasteiger partial charge is 0.416 e. The molecule has 0 radical (unpaired) electrons. The first kappa shape index (κ1) is 31.9. The van der Waals surface area contributed by atoms with Gasteiger partial charge in [0.15, 0.2) is 0 Å². The minimum Gasteiger partial charge on any atom is -0.492 e. The molecule has 4 aromatic carbocycles. The summed E-state index contributed by atoms with van der Waals surface area (Å²) in [5.41, 5.74) is 0.558. The number of fused-ring (bicyclic) bond motifs is 2. The number of para-hydroxylation sites is 2. The molecule has 0 amide bonds. The van der Waals surface area contributed by atoms with Gasteiger partial charge in [-0.1, -0.05) is 89.4 Å². The summed E-state index contributed by atoms with van der Waals surface area (Å²) in [6, 6.07) is 22.1. The number of benzene rings is 4. The predicted molar refractivity (Wildman–Crippen MR) is 170 cm³/mol. The van der Waals surface area contributed by atoms with Crippen molar-refractivity contribution in [3.63, 3.8) is 0 Å². The standard InChI is InChI=1S/C35H32F6O2P2/c1-33(2,3)44(27-19-25(34(36,37)38)18-26(20-27)35(39,40)41)21-24-8-4-5-11-28(24)45(29-12-6-9-22-14-16-42-31(22)29)30-13-7-10-23-15-17-43-32(23)30/h4-13,18-20H,14-17,21H2,1-3H3. The lowest BCUT2D eigenvalue weighted by atomic mass is 10.1. The number of rotatable bonds is 6. The highest BCUT2D eigenvalue weighted by Gasteiger charge is 2.39. The van der Waals surface area contributed by atoms with Crippen LogP contribution in [0.2, 0.25) is 0 Å². The van der Waals surface area contributed by atoms with Gasteiger partial charge in [0, 0.05) is 23.5 Å². The van der Waals surface area contributed by atoms with E-state index in [0.29, 0.717) is 19.4 Å². The van der Waals surface area contributed by atoms with Crippen molar-refractivity contribution in [2.75, 3.05) is 13.2 Å². The molecule has 0 bridgehead atoms. The number of halogens is 6. The van der Waals surface area contributed by atoms with Crippen molar-refractivity contribution in [1.82, 2.24) is 0 Å². The Morgan fingerprint density at radius 3 is 1.60 bits per heavy atom. The Bertz CT molecular complexity index is 1640. The Hall–Kier alpha value is -3.08. The highest BCUT2D eigenvalue weighted by Crippen LogP contribution is 2.53. The quantitative estimate of drug-likeness (QED) is 0.153. The van der Waals surface area contributed by atoms with Crippen LogP contribution in [0.25, 0.3) is 0 Å². The van der Waals surface area contributed by atoms with Crippen molar-refractivity contribution < 1.29 is 35.8 Å². The van der Waals surface area contributed by atoms with E-state index in [9.17, 15) is 26.3 Å². The van der Waals surface area contributed by atoms with E-state index in [4.69, 9.17) is 9.47 Å². The lowest BCUT2D eigenvalue weighted by Gasteiger charge is -2.34. The molecule has 10 heteroatoms. The van der Waals surface area contributed by atoms with Crippen LogP contribution in [0.5, 0.6) is 11.5 Å². The monoisotopic (exact) mass is 660 g/mol. The molecule has 4 aromatic rings. The first-order valence-corrected chi connectivity index (χ1v) is 17.5. The Balaban J connectivity index is 1.53. The van der Waals surface area contributed by atoms with Crippen molar-refractivity contribution >= 4 is 37.1 Å². The minimum absolute atomic E-state index is 0.0756. The molecule has 0 N–H and O–H groups in total. The number of hydrogen-bond acceptors (Lipinski definition) is 2. The molecule has 2 aliphatic rings. The molecule has 1 atom stereocenters. The molecule has 0 aliphatic carbocycles. The van der Waals surface area contributed by atoms with E-state index in [0.717, 1.165) is 69.1 Å². The van der Waals surface area contributed by atoms with E-state index >= 15 is 0 Å². The van der Waals surface area contributed by atoms with Crippen LogP contribution < -0.4 is 30.7 Å². The third kappa shape index (κ3) is 6.46. The van der Waals surface area contributed by atoms with Crippen molar-refractivity contribution in [3.05, 3.63) is 107 Å². The summed E-state index contributed by atoms with van der Waals surface area (Å²) in [6.45, 7) is 6.80. The first-order valence-electron chi connectivity index (χ1n) is 14.7. The fourth-order valence-corrected chi connectivity index (χ4v) is 11.5. The van der Waals surface area contributed by atoms with Crippen molar-refractivity contribution in [3.8, 4) is 11.5 Å². The molecule has 0 saturated heterocycles. The fourth-order valence-electron chi connectivity index (χ4n) is 5.98. The molecule has 1 unspecified atom stereocenters. The van der Waals surface area contributed by atoms with E-state index in [1.54, 1.807) is 0 Å². The normalized spacial score (nSPS) is 15.4. The van der Waals surface area contributed by atoms with Gasteiger partial charge in [-0.05, 0) is 64.7 Å². The predicted octanol–water partition coefficient (Wildman–Crippen LogP) is 8.46. The zero-order valence-corrected chi connectivity index (χ0v) is 26.8. The van der Waals surface area contributed by atoms with Crippen LogP contribution in [0.3, 0.4) is 0 Å². The van der Waals surface area contributed by atoms with Gasteiger partial charge in [0.2, 0.25) is 0 Å². The van der Waals surface area contributed by atoms with E-state index in [2.05, 4.69) is 24.3 Å². The molecule has 0 spiro atoms. The van der Waals surface area contributed by atoms with Gasteiger partial charge in [0.05, 0.1) is 24.3 Å². The maximum absolute atomic E-state index is 13.9. The summed E-state index contributed by atoms with van der Waals surface area (Å²) in [4.78, 5) is 0. The molecule has 0 aromatic heterocycles. The highest BCUT2D eigenvalue weighted by molar-refractivity contribution is 7.80. The molecule has 6 rings (SSSR count). The zero-order valence-electron chi connectivity index (χ0n) is 25.0. The lowest BCUT2D eigenvalue weighted by molar-refractivity contribution is -0.142. The maximum Gasteiger partial charge on any atom is 0.416 e. The Kier molecular flexibility index (Phi) is 8.46. The number of hydrogen-bond donors (Lipinski definition) is 0. The van der Waals surface area contributed by atoms with Gasteiger partial charge in [-0.25, -0.2) is 0 Å². The van der Waals surface area contributed by atoms with Gasteiger partial charge in [-0.15, -0.1) is 0 Å². The summed E-state index contributed by atoms with van der Waals surface area (Å²) < 4.78 is 95.8. The molecule has 2 aliphatic heterocycles. The zero-order chi connectivity index (χ0) is 32.1. The van der Waals surface area contributed by atoms with Gasteiger partial charge in [-0.3, -0.25) is 0 Å². The molecule has 2 heterocycles. The second kappa shape index (κ2) is 11.9. The van der Waals surface area contributed by atoms with Crippen LogP contribution in [-0.2, 0) is 31.4 Å². The number of ether oxygens (including phenoxy) is 2. The van der Waals surface area contributed by atoms with Gasteiger partial charge < -0.3 is 9.47 Å². The fraction of sp³-hybridized carbons (Fsp3) is 0.314. The Labute approximate surface area is 261 Å².